The van der Waals surface area contributed by atoms with Crippen molar-refractivity contribution in [3.63, 3.8) is 0 Å². The molecule has 0 aromatic carbocycles. The highest BCUT2D eigenvalue weighted by Crippen LogP contribution is 2.15. The highest BCUT2D eigenvalue weighted by molar-refractivity contribution is 5.89. The molecular formula is C11H17N3O4. The standard InChI is InChI=1S/C11H17N3O4/c1-11(2,18-4)10(17)13-8(9(15)16)7-5-12-14(3)6-7/h5-6,8H,1-4H3,(H,13,17)(H,15,16). The van der Waals surface area contributed by atoms with E-state index in [4.69, 9.17) is 9.84 Å². The zero-order valence-corrected chi connectivity index (χ0v) is 10.8. The molecule has 0 radical (unpaired) electrons. The fourth-order valence-electron chi connectivity index (χ4n) is 1.27. The Balaban J connectivity index is 2.89. The van der Waals surface area contributed by atoms with Crippen molar-refractivity contribution >= 4 is 11.9 Å². The lowest BCUT2D eigenvalue weighted by Crippen LogP contribution is -2.46. The van der Waals surface area contributed by atoms with Crippen LogP contribution in [0.1, 0.15) is 25.5 Å². The summed E-state index contributed by atoms with van der Waals surface area (Å²) in [7, 11) is 3.06. The number of aliphatic carboxylic acids is 1. The number of nitrogens with zero attached hydrogens (tertiary/aromatic N) is 2. The number of methoxy groups -OCH3 is 1. The first-order valence-electron chi connectivity index (χ1n) is 5.35. The molecule has 0 saturated heterocycles. The van der Waals surface area contributed by atoms with Gasteiger partial charge in [-0.2, -0.15) is 5.10 Å². The Hall–Kier alpha value is -1.89. The fourth-order valence-corrected chi connectivity index (χ4v) is 1.27. The Morgan fingerprint density at radius 1 is 1.56 bits per heavy atom. The van der Waals surface area contributed by atoms with E-state index in [1.165, 1.54) is 18.0 Å². The van der Waals surface area contributed by atoms with Crippen LogP contribution in [0.5, 0.6) is 0 Å². The van der Waals surface area contributed by atoms with E-state index in [1.54, 1.807) is 27.1 Å². The number of carbonyl (C=O) groups excluding carboxylic acids is 1. The van der Waals surface area contributed by atoms with Crippen molar-refractivity contribution in [2.75, 3.05) is 7.11 Å². The smallest absolute Gasteiger partial charge is 0.331 e. The fraction of sp³-hybridized carbons (Fsp3) is 0.545. The van der Waals surface area contributed by atoms with Gasteiger partial charge in [0.15, 0.2) is 6.04 Å². The molecule has 0 saturated carbocycles. The van der Waals surface area contributed by atoms with E-state index in [-0.39, 0.29) is 0 Å². The maximum Gasteiger partial charge on any atom is 0.331 e. The number of rotatable bonds is 5. The van der Waals surface area contributed by atoms with Crippen molar-refractivity contribution in [3.8, 4) is 0 Å². The van der Waals surface area contributed by atoms with E-state index in [1.807, 2.05) is 0 Å². The number of aryl methyl sites for hydroxylation is 1. The van der Waals surface area contributed by atoms with Gasteiger partial charge in [0.2, 0.25) is 0 Å². The van der Waals surface area contributed by atoms with Gasteiger partial charge in [0.05, 0.1) is 6.20 Å². The summed E-state index contributed by atoms with van der Waals surface area (Å²) in [5, 5.41) is 15.4. The average Bonchev–Trinajstić information content (AvgIpc) is 2.71. The number of ether oxygens (including phenoxy) is 1. The topological polar surface area (TPSA) is 93.4 Å². The van der Waals surface area contributed by atoms with Gasteiger partial charge in [0.25, 0.3) is 5.91 Å². The molecule has 0 aliphatic carbocycles. The highest BCUT2D eigenvalue weighted by atomic mass is 16.5. The van der Waals surface area contributed by atoms with Crippen LogP contribution in [0.25, 0.3) is 0 Å². The minimum atomic E-state index is -1.15. The lowest BCUT2D eigenvalue weighted by Gasteiger charge is -2.24. The van der Waals surface area contributed by atoms with Crippen LogP contribution in [0.3, 0.4) is 0 Å². The molecule has 7 nitrogen and oxygen atoms in total. The molecule has 1 aromatic rings. The summed E-state index contributed by atoms with van der Waals surface area (Å²) in [4.78, 5) is 23.0. The Morgan fingerprint density at radius 2 is 2.17 bits per heavy atom. The second-order valence-electron chi connectivity index (χ2n) is 4.41. The van der Waals surface area contributed by atoms with Crippen molar-refractivity contribution in [1.82, 2.24) is 15.1 Å². The first kappa shape index (κ1) is 14.2. The number of amides is 1. The van der Waals surface area contributed by atoms with Crippen LogP contribution in [0.2, 0.25) is 0 Å². The van der Waals surface area contributed by atoms with Gasteiger partial charge in [-0.15, -0.1) is 0 Å². The quantitative estimate of drug-likeness (QED) is 0.777. The summed E-state index contributed by atoms with van der Waals surface area (Å²) in [6.45, 7) is 3.12. The SMILES string of the molecule is COC(C)(C)C(=O)NC(C(=O)O)c1cnn(C)c1. The van der Waals surface area contributed by atoms with Gasteiger partial charge in [-0.25, -0.2) is 4.79 Å². The van der Waals surface area contributed by atoms with Gasteiger partial charge in [0, 0.05) is 25.9 Å². The Labute approximate surface area is 105 Å². The van der Waals surface area contributed by atoms with E-state index >= 15 is 0 Å². The molecular weight excluding hydrogens is 238 g/mol. The summed E-state index contributed by atoms with van der Waals surface area (Å²) in [6.07, 6.45) is 2.94. The van der Waals surface area contributed by atoms with E-state index in [9.17, 15) is 9.59 Å². The molecule has 1 rings (SSSR count). The molecule has 0 fully saturated rings. The molecule has 0 spiro atoms. The zero-order chi connectivity index (χ0) is 13.9. The number of carbonyl (C=O) groups is 2. The third-order valence-corrected chi connectivity index (χ3v) is 2.64. The predicted octanol–water partition coefficient (Wildman–Crippen LogP) is 0.0870. The number of nitrogens with one attached hydrogen (secondary N) is 1. The number of hydrogen-bond donors (Lipinski definition) is 2. The maximum absolute atomic E-state index is 11.9. The van der Waals surface area contributed by atoms with E-state index in [0.717, 1.165) is 0 Å². The maximum atomic E-state index is 11.9. The lowest BCUT2D eigenvalue weighted by atomic mass is 10.1. The van der Waals surface area contributed by atoms with Gasteiger partial charge in [-0.1, -0.05) is 0 Å². The van der Waals surface area contributed by atoms with Gasteiger partial charge in [-0.3, -0.25) is 9.48 Å². The number of hydrogen-bond acceptors (Lipinski definition) is 4. The zero-order valence-electron chi connectivity index (χ0n) is 10.8. The van der Waals surface area contributed by atoms with Crippen LogP contribution < -0.4 is 5.32 Å². The number of aromatic nitrogens is 2. The third kappa shape index (κ3) is 3.07. The Bertz CT molecular complexity index is 453. The molecule has 1 heterocycles. The van der Waals surface area contributed by atoms with E-state index in [0.29, 0.717) is 5.56 Å². The molecule has 0 aliphatic rings. The second kappa shape index (κ2) is 5.18. The molecule has 1 unspecified atom stereocenters. The minimum absolute atomic E-state index is 0.408. The summed E-state index contributed by atoms with van der Waals surface area (Å²) < 4.78 is 6.47. The molecule has 1 aromatic heterocycles. The van der Waals surface area contributed by atoms with Gasteiger partial charge in [0.1, 0.15) is 5.60 Å². The van der Waals surface area contributed by atoms with E-state index in [2.05, 4.69) is 10.4 Å². The Kier molecular flexibility index (Phi) is 4.07. The lowest BCUT2D eigenvalue weighted by molar-refractivity contribution is -0.147. The van der Waals surface area contributed by atoms with Crippen LogP contribution >= 0.6 is 0 Å². The van der Waals surface area contributed by atoms with Gasteiger partial charge in [-0.05, 0) is 13.8 Å². The molecule has 0 aliphatic heterocycles. The average molecular weight is 255 g/mol. The molecule has 1 atom stereocenters. The van der Waals surface area contributed by atoms with Crippen molar-refractivity contribution in [1.29, 1.82) is 0 Å². The summed E-state index contributed by atoms with van der Waals surface area (Å²) >= 11 is 0. The normalized spacial score (nSPS) is 13.1. The van der Waals surface area contributed by atoms with Crippen molar-refractivity contribution < 1.29 is 19.4 Å². The monoisotopic (exact) mass is 255 g/mol. The van der Waals surface area contributed by atoms with Crippen molar-refractivity contribution in [3.05, 3.63) is 18.0 Å². The molecule has 7 heteroatoms. The third-order valence-electron chi connectivity index (χ3n) is 2.64. The molecule has 18 heavy (non-hydrogen) atoms. The second-order valence-corrected chi connectivity index (χ2v) is 4.41. The van der Waals surface area contributed by atoms with Gasteiger partial charge >= 0.3 is 5.97 Å². The molecule has 2 N–H and O–H groups in total. The summed E-state index contributed by atoms with van der Waals surface area (Å²) in [6, 6.07) is -1.14. The van der Waals surface area contributed by atoms with Crippen molar-refractivity contribution in [2.45, 2.75) is 25.5 Å². The highest BCUT2D eigenvalue weighted by Gasteiger charge is 2.32. The van der Waals surface area contributed by atoms with Crippen LogP contribution in [0.4, 0.5) is 0 Å². The summed E-state index contributed by atoms with van der Waals surface area (Å²) in [5.74, 6) is -1.65. The van der Waals surface area contributed by atoms with Crippen LogP contribution in [0, 0.1) is 0 Å². The largest absolute Gasteiger partial charge is 0.479 e. The van der Waals surface area contributed by atoms with Crippen molar-refractivity contribution in [2.24, 2.45) is 7.05 Å². The minimum Gasteiger partial charge on any atom is -0.479 e. The van der Waals surface area contributed by atoms with Gasteiger partial charge < -0.3 is 15.2 Å². The number of carboxylic acids is 1. The van der Waals surface area contributed by atoms with Crippen LogP contribution in [-0.2, 0) is 21.4 Å². The number of carboxylic acid groups (broad SMARTS) is 1. The summed E-state index contributed by atoms with van der Waals surface area (Å²) in [5.41, 5.74) is -0.680. The molecule has 1 amide bonds. The Morgan fingerprint density at radius 3 is 2.56 bits per heavy atom. The predicted molar refractivity (Wildman–Crippen MR) is 62.8 cm³/mol. The molecule has 0 bridgehead atoms. The van der Waals surface area contributed by atoms with E-state index < -0.39 is 23.5 Å². The first-order chi connectivity index (χ1) is 8.27. The van der Waals surface area contributed by atoms with Crippen LogP contribution in [0.15, 0.2) is 12.4 Å². The first-order valence-corrected chi connectivity index (χ1v) is 5.35. The molecule has 100 valence electrons. The van der Waals surface area contributed by atoms with Crippen LogP contribution in [-0.4, -0.2) is 39.5 Å².